The van der Waals surface area contributed by atoms with Gasteiger partial charge in [0.25, 0.3) is 0 Å². The average molecular weight is 221 g/mol. The zero-order valence-electron chi connectivity index (χ0n) is 10.4. The molecule has 0 aliphatic rings. The monoisotopic (exact) mass is 221 g/mol. The lowest BCUT2D eigenvalue weighted by Crippen LogP contribution is -2.28. The summed E-state index contributed by atoms with van der Waals surface area (Å²) in [5.41, 5.74) is 3.49. The van der Waals surface area contributed by atoms with Crippen LogP contribution in [0.1, 0.15) is 11.1 Å². The van der Waals surface area contributed by atoms with Crippen molar-refractivity contribution in [3.63, 3.8) is 0 Å². The van der Waals surface area contributed by atoms with Gasteiger partial charge in [0, 0.05) is 19.8 Å². The number of carbonyl (C=O) groups is 1. The van der Waals surface area contributed by atoms with E-state index in [4.69, 9.17) is 4.74 Å². The summed E-state index contributed by atoms with van der Waals surface area (Å²) >= 11 is 0. The van der Waals surface area contributed by atoms with Gasteiger partial charge in [-0.1, -0.05) is 6.07 Å². The van der Waals surface area contributed by atoms with Gasteiger partial charge in [-0.2, -0.15) is 0 Å². The molecular weight excluding hydrogens is 202 g/mol. The van der Waals surface area contributed by atoms with Crippen LogP contribution in [0, 0.1) is 13.8 Å². The van der Waals surface area contributed by atoms with Crippen LogP contribution in [-0.2, 0) is 9.53 Å². The van der Waals surface area contributed by atoms with Crippen molar-refractivity contribution in [1.29, 1.82) is 0 Å². The lowest BCUT2D eigenvalue weighted by atomic mass is 10.1. The molecule has 1 rings (SSSR count). The Labute approximate surface area is 97.0 Å². The van der Waals surface area contributed by atoms with Gasteiger partial charge < -0.3 is 9.64 Å². The highest BCUT2D eigenvalue weighted by molar-refractivity contribution is 5.84. The van der Waals surface area contributed by atoms with Crippen LogP contribution in [0.3, 0.4) is 0 Å². The van der Waals surface area contributed by atoms with E-state index in [0.29, 0.717) is 6.54 Å². The quantitative estimate of drug-likeness (QED) is 0.761. The summed E-state index contributed by atoms with van der Waals surface area (Å²) in [4.78, 5) is 13.4. The lowest BCUT2D eigenvalue weighted by molar-refractivity contribution is -0.121. The number of aryl methyl sites for hydroxylation is 2. The topological polar surface area (TPSA) is 29.5 Å². The smallest absolute Gasteiger partial charge is 0.177 e. The molecule has 3 nitrogen and oxygen atoms in total. The number of anilines is 1. The first-order chi connectivity index (χ1) is 7.52. The van der Waals surface area contributed by atoms with E-state index in [1.165, 1.54) is 18.2 Å². The first kappa shape index (κ1) is 12.7. The minimum Gasteiger partial charge on any atom is -0.377 e. The number of Topliss-reactive ketones (excluding diaryl/α,β-unsaturated/α-hetero) is 1. The normalized spacial score (nSPS) is 10.2. The average Bonchev–Trinajstić information content (AvgIpc) is 2.16. The van der Waals surface area contributed by atoms with Crippen LogP contribution in [-0.4, -0.2) is 33.1 Å². The second-order valence-corrected chi connectivity index (χ2v) is 4.17. The summed E-state index contributed by atoms with van der Waals surface area (Å²) in [6.45, 7) is 4.68. The van der Waals surface area contributed by atoms with Crippen molar-refractivity contribution in [3.8, 4) is 0 Å². The van der Waals surface area contributed by atoms with Gasteiger partial charge in [0.15, 0.2) is 5.78 Å². The van der Waals surface area contributed by atoms with E-state index in [1.54, 1.807) is 0 Å². The standard InChI is InChI=1S/C13H19NO2/c1-10-5-11(2)7-12(6-10)14(3)8-13(15)9-16-4/h5-7H,8-9H2,1-4H3. The molecule has 0 amide bonds. The van der Waals surface area contributed by atoms with Gasteiger partial charge in [0.05, 0.1) is 6.54 Å². The Balaban J connectivity index is 2.72. The fourth-order valence-electron chi connectivity index (χ4n) is 1.73. The number of nitrogens with zero attached hydrogens (tertiary/aromatic N) is 1. The molecule has 16 heavy (non-hydrogen) atoms. The minimum atomic E-state index is 0.0872. The summed E-state index contributed by atoms with van der Waals surface area (Å²) in [7, 11) is 3.45. The van der Waals surface area contributed by atoms with Crippen LogP contribution < -0.4 is 4.90 Å². The maximum Gasteiger partial charge on any atom is 0.177 e. The molecule has 0 aliphatic carbocycles. The van der Waals surface area contributed by atoms with Gasteiger partial charge in [0.1, 0.15) is 6.61 Å². The van der Waals surface area contributed by atoms with Gasteiger partial charge in [0.2, 0.25) is 0 Å². The van der Waals surface area contributed by atoms with E-state index in [9.17, 15) is 4.79 Å². The number of hydrogen-bond acceptors (Lipinski definition) is 3. The molecule has 0 spiro atoms. The van der Waals surface area contributed by atoms with Gasteiger partial charge in [-0.05, 0) is 37.1 Å². The van der Waals surface area contributed by atoms with Crippen LogP contribution in [0.25, 0.3) is 0 Å². The van der Waals surface area contributed by atoms with E-state index in [2.05, 4.69) is 32.0 Å². The number of benzene rings is 1. The number of likely N-dealkylation sites (N-methyl/N-ethyl adjacent to an activating group) is 1. The predicted molar refractivity (Wildman–Crippen MR) is 66.1 cm³/mol. The number of methoxy groups -OCH3 is 1. The van der Waals surface area contributed by atoms with E-state index in [1.807, 2.05) is 11.9 Å². The zero-order chi connectivity index (χ0) is 12.1. The molecule has 1 aromatic carbocycles. The molecule has 0 saturated heterocycles. The first-order valence-corrected chi connectivity index (χ1v) is 5.33. The zero-order valence-corrected chi connectivity index (χ0v) is 10.4. The first-order valence-electron chi connectivity index (χ1n) is 5.33. The molecule has 88 valence electrons. The van der Waals surface area contributed by atoms with Gasteiger partial charge in [-0.25, -0.2) is 0 Å². The second-order valence-electron chi connectivity index (χ2n) is 4.17. The molecule has 1 aromatic rings. The number of hydrogen-bond donors (Lipinski definition) is 0. The Hall–Kier alpha value is -1.35. The Bertz CT molecular complexity index is 354. The van der Waals surface area contributed by atoms with E-state index >= 15 is 0 Å². The fourth-order valence-corrected chi connectivity index (χ4v) is 1.73. The molecule has 3 heteroatoms. The largest absolute Gasteiger partial charge is 0.377 e. The molecule has 0 bridgehead atoms. The van der Waals surface area contributed by atoms with Crippen LogP contribution >= 0.6 is 0 Å². The fraction of sp³-hybridized carbons (Fsp3) is 0.462. The molecule has 0 fully saturated rings. The van der Waals surface area contributed by atoms with Crippen molar-refractivity contribution in [2.75, 3.05) is 32.2 Å². The third-order valence-corrected chi connectivity index (χ3v) is 2.37. The second kappa shape index (κ2) is 5.66. The van der Waals surface area contributed by atoms with Gasteiger partial charge >= 0.3 is 0 Å². The Morgan fingerprint density at radius 1 is 1.25 bits per heavy atom. The third-order valence-electron chi connectivity index (χ3n) is 2.37. The van der Waals surface area contributed by atoms with Gasteiger partial charge in [-0.3, -0.25) is 4.79 Å². The highest BCUT2D eigenvalue weighted by Crippen LogP contribution is 2.17. The molecule has 0 aromatic heterocycles. The Morgan fingerprint density at radius 2 is 1.81 bits per heavy atom. The van der Waals surface area contributed by atoms with Crippen LogP contribution in [0.15, 0.2) is 18.2 Å². The molecular formula is C13H19NO2. The predicted octanol–water partition coefficient (Wildman–Crippen LogP) is 1.96. The number of carbonyl (C=O) groups excluding carboxylic acids is 1. The van der Waals surface area contributed by atoms with Crippen molar-refractivity contribution in [2.24, 2.45) is 0 Å². The minimum absolute atomic E-state index is 0.0872. The summed E-state index contributed by atoms with van der Waals surface area (Å²) < 4.78 is 4.81. The van der Waals surface area contributed by atoms with Crippen molar-refractivity contribution in [3.05, 3.63) is 29.3 Å². The van der Waals surface area contributed by atoms with Gasteiger partial charge in [-0.15, -0.1) is 0 Å². The van der Waals surface area contributed by atoms with E-state index < -0.39 is 0 Å². The van der Waals surface area contributed by atoms with E-state index in [-0.39, 0.29) is 12.4 Å². The van der Waals surface area contributed by atoms with Crippen molar-refractivity contribution < 1.29 is 9.53 Å². The maximum absolute atomic E-state index is 11.4. The Morgan fingerprint density at radius 3 is 2.31 bits per heavy atom. The number of ether oxygens (including phenoxy) is 1. The number of rotatable bonds is 5. The molecule has 0 radical (unpaired) electrons. The van der Waals surface area contributed by atoms with Crippen LogP contribution in [0.5, 0.6) is 0 Å². The SMILES string of the molecule is COCC(=O)CN(C)c1cc(C)cc(C)c1. The van der Waals surface area contributed by atoms with Crippen molar-refractivity contribution in [1.82, 2.24) is 0 Å². The molecule has 0 heterocycles. The molecule has 0 N–H and O–H groups in total. The highest BCUT2D eigenvalue weighted by Gasteiger charge is 2.07. The highest BCUT2D eigenvalue weighted by atomic mass is 16.5. The summed E-state index contributed by atoms with van der Waals surface area (Å²) in [6.07, 6.45) is 0. The van der Waals surface area contributed by atoms with Crippen molar-refractivity contribution >= 4 is 11.5 Å². The molecule has 0 atom stereocenters. The van der Waals surface area contributed by atoms with Crippen LogP contribution in [0.4, 0.5) is 5.69 Å². The third kappa shape index (κ3) is 3.66. The molecule has 0 saturated carbocycles. The summed E-state index contributed by atoms with van der Waals surface area (Å²) in [5, 5.41) is 0. The Kier molecular flexibility index (Phi) is 4.50. The van der Waals surface area contributed by atoms with E-state index in [0.717, 1.165) is 5.69 Å². The van der Waals surface area contributed by atoms with Crippen molar-refractivity contribution in [2.45, 2.75) is 13.8 Å². The van der Waals surface area contributed by atoms with Crippen LogP contribution in [0.2, 0.25) is 0 Å². The summed E-state index contributed by atoms with van der Waals surface area (Å²) in [5.74, 6) is 0.0872. The summed E-state index contributed by atoms with van der Waals surface area (Å²) in [6, 6.07) is 6.27. The lowest BCUT2D eigenvalue weighted by Gasteiger charge is -2.19. The molecule has 0 aliphatic heterocycles. The maximum atomic E-state index is 11.4. The number of ketones is 1. The molecule has 0 unspecified atom stereocenters.